The predicted octanol–water partition coefficient (Wildman–Crippen LogP) is 3.53. The molecule has 1 aromatic carbocycles. The lowest BCUT2D eigenvalue weighted by Crippen LogP contribution is -2.14. The van der Waals surface area contributed by atoms with E-state index in [9.17, 15) is 10.1 Å². The minimum absolute atomic E-state index is 0.160. The molecule has 0 N–H and O–H groups in total. The summed E-state index contributed by atoms with van der Waals surface area (Å²) in [5.41, 5.74) is 0.480. The minimum Gasteiger partial charge on any atom is -0.324 e. The number of para-hydroxylation sites is 1. The summed E-state index contributed by atoms with van der Waals surface area (Å²) in [5, 5.41) is 11.4. The molecule has 0 radical (unpaired) electrons. The molecule has 0 aliphatic rings. The smallest absolute Gasteiger partial charge is 0.324 e. The van der Waals surface area contributed by atoms with Crippen LogP contribution in [0.3, 0.4) is 0 Å². The van der Waals surface area contributed by atoms with Crippen LogP contribution < -0.4 is 4.90 Å². The van der Waals surface area contributed by atoms with Gasteiger partial charge in [0.15, 0.2) is 5.16 Å². The first-order valence-corrected chi connectivity index (χ1v) is 7.19. The maximum atomic E-state index is 11.2. The largest absolute Gasteiger partial charge is 0.348 e. The van der Waals surface area contributed by atoms with Crippen molar-refractivity contribution >= 4 is 40.6 Å². The van der Waals surface area contributed by atoms with Crippen molar-refractivity contribution in [2.45, 2.75) is 5.16 Å². The van der Waals surface area contributed by atoms with Gasteiger partial charge in [0.05, 0.1) is 4.92 Å². The number of benzene rings is 1. The molecule has 0 saturated carbocycles. The first-order chi connectivity index (χ1) is 9.54. The molecule has 20 heavy (non-hydrogen) atoms. The first kappa shape index (κ1) is 14.5. The monoisotopic (exact) mass is 310 g/mol. The molecule has 0 aliphatic carbocycles. The average Bonchev–Trinajstić information content (AvgIpc) is 2.46. The summed E-state index contributed by atoms with van der Waals surface area (Å²) in [4.78, 5) is 20.3. The molecule has 6 nitrogen and oxygen atoms in total. The van der Waals surface area contributed by atoms with Gasteiger partial charge in [0.25, 0.3) is 0 Å². The van der Waals surface area contributed by atoms with Crippen LogP contribution in [0.5, 0.6) is 0 Å². The Bertz CT molecular complexity index is 639. The van der Waals surface area contributed by atoms with Crippen LogP contribution in [0.4, 0.5) is 17.2 Å². The summed E-state index contributed by atoms with van der Waals surface area (Å²) >= 11 is 7.18. The number of rotatable bonds is 4. The van der Waals surface area contributed by atoms with Crippen molar-refractivity contribution in [3.05, 3.63) is 45.6 Å². The van der Waals surface area contributed by atoms with Crippen molar-refractivity contribution in [1.82, 2.24) is 9.97 Å². The Morgan fingerprint density at radius 1 is 1.30 bits per heavy atom. The molecule has 8 heteroatoms. The van der Waals surface area contributed by atoms with Crippen molar-refractivity contribution in [2.75, 3.05) is 18.2 Å². The van der Waals surface area contributed by atoms with Gasteiger partial charge in [-0.2, -0.15) is 4.98 Å². The Hall–Kier alpha value is -1.86. The Morgan fingerprint density at radius 3 is 2.50 bits per heavy atom. The van der Waals surface area contributed by atoms with E-state index in [2.05, 4.69) is 9.97 Å². The second-order valence-electron chi connectivity index (χ2n) is 3.83. The molecule has 1 aromatic heterocycles. The maximum Gasteiger partial charge on any atom is 0.348 e. The zero-order valence-corrected chi connectivity index (χ0v) is 12.4. The van der Waals surface area contributed by atoms with Crippen molar-refractivity contribution < 1.29 is 4.92 Å². The normalized spacial score (nSPS) is 10.3. The van der Waals surface area contributed by atoms with Crippen LogP contribution in [0.25, 0.3) is 0 Å². The van der Waals surface area contributed by atoms with Crippen LogP contribution >= 0.6 is 23.4 Å². The van der Waals surface area contributed by atoms with Crippen LogP contribution in [0.2, 0.25) is 5.15 Å². The van der Waals surface area contributed by atoms with Gasteiger partial charge in [-0.15, -0.1) is 0 Å². The second kappa shape index (κ2) is 6.06. The van der Waals surface area contributed by atoms with Gasteiger partial charge in [-0.05, 0) is 18.4 Å². The molecule has 1 heterocycles. The SMILES string of the molecule is CSc1nc(Cl)c([N+](=O)[O-])c(N(C)c2ccccc2)n1. The number of hydrogen-bond acceptors (Lipinski definition) is 6. The Morgan fingerprint density at radius 2 is 1.95 bits per heavy atom. The molecule has 0 atom stereocenters. The van der Waals surface area contributed by atoms with E-state index in [1.807, 2.05) is 30.3 Å². The number of nitro groups is 1. The van der Waals surface area contributed by atoms with E-state index in [-0.39, 0.29) is 16.7 Å². The minimum atomic E-state index is -0.568. The molecule has 0 saturated heterocycles. The zero-order valence-electron chi connectivity index (χ0n) is 10.8. The average molecular weight is 311 g/mol. The lowest BCUT2D eigenvalue weighted by Gasteiger charge is -2.18. The van der Waals surface area contributed by atoms with Crippen LogP contribution in [-0.2, 0) is 0 Å². The summed E-state index contributed by atoms with van der Waals surface area (Å²) in [7, 11) is 1.70. The molecule has 2 aromatic rings. The van der Waals surface area contributed by atoms with Gasteiger partial charge in [-0.25, -0.2) is 4.98 Å². The lowest BCUT2D eigenvalue weighted by molar-refractivity contribution is -0.384. The van der Waals surface area contributed by atoms with Crippen LogP contribution in [0, 0.1) is 10.1 Å². The standard InChI is InChI=1S/C12H11ClN4O2S/c1-16(8-6-4-3-5-7-8)11-9(17(18)19)10(13)14-12(15-11)20-2/h3-7H,1-2H3. The van der Waals surface area contributed by atoms with Gasteiger partial charge in [0, 0.05) is 12.7 Å². The van der Waals surface area contributed by atoms with Crippen molar-refractivity contribution in [3.8, 4) is 0 Å². The third-order valence-electron chi connectivity index (χ3n) is 2.63. The Labute approximate surface area is 124 Å². The molecule has 0 fully saturated rings. The van der Waals surface area contributed by atoms with Gasteiger partial charge in [0.1, 0.15) is 0 Å². The summed E-state index contributed by atoms with van der Waals surface area (Å²) in [5.74, 6) is 0.172. The highest BCUT2D eigenvalue weighted by atomic mass is 35.5. The van der Waals surface area contributed by atoms with E-state index in [4.69, 9.17) is 11.6 Å². The number of halogens is 1. The van der Waals surface area contributed by atoms with Gasteiger partial charge in [0.2, 0.25) is 11.0 Å². The number of aromatic nitrogens is 2. The third kappa shape index (κ3) is 2.83. The van der Waals surface area contributed by atoms with E-state index in [0.29, 0.717) is 5.16 Å². The van der Waals surface area contributed by atoms with E-state index in [1.54, 1.807) is 18.2 Å². The Balaban J connectivity index is 2.59. The van der Waals surface area contributed by atoms with Gasteiger partial charge < -0.3 is 4.90 Å². The molecule has 0 aliphatic heterocycles. The molecule has 104 valence electrons. The van der Waals surface area contributed by atoms with E-state index < -0.39 is 4.92 Å². The Kier molecular flexibility index (Phi) is 4.41. The third-order valence-corrected chi connectivity index (χ3v) is 3.44. The summed E-state index contributed by atoms with van der Waals surface area (Å²) in [6, 6.07) is 9.22. The van der Waals surface area contributed by atoms with Crippen molar-refractivity contribution in [1.29, 1.82) is 0 Å². The molecule has 0 unspecified atom stereocenters. The number of hydrogen-bond donors (Lipinski definition) is 0. The molecular formula is C12H11ClN4O2S. The van der Waals surface area contributed by atoms with Crippen molar-refractivity contribution in [2.24, 2.45) is 0 Å². The van der Waals surface area contributed by atoms with E-state index in [1.165, 1.54) is 11.8 Å². The highest BCUT2D eigenvalue weighted by molar-refractivity contribution is 7.98. The van der Waals surface area contributed by atoms with E-state index in [0.717, 1.165) is 5.69 Å². The predicted molar refractivity (Wildman–Crippen MR) is 80.0 cm³/mol. The van der Waals surface area contributed by atoms with Crippen LogP contribution in [-0.4, -0.2) is 28.2 Å². The lowest BCUT2D eigenvalue weighted by atomic mass is 10.3. The highest BCUT2D eigenvalue weighted by Gasteiger charge is 2.26. The molecule has 0 bridgehead atoms. The fourth-order valence-electron chi connectivity index (χ4n) is 1.65. The van der Waals surface area contributed by atoms with Gasteiger partial charge in [-0.3, -0.25) is 10.1 Å². The number of anilines is 2. The quantitative estimate of drug-likeness (QED) is 0.283. The second-order valence-corrected chi connectivity index (χ2v) is 4.96. The van der Waals surface area contributed by atoms with Crippen LogP contribution in [0.15, 0.2) is 35.5 Å². The fraction of sp³-hybridized carbons (Fsp3) is 0.167. The molecular weight excluding hydrogens is 300 g/mol. The number of nitrogens with zero attached hydrogens (tertiary/aromatic N) is 4. The highest BCUT2D eigenvalue weighted by Crippen LogP contribution is 2.36. The molecule has 2 rings (SSSR count). The summed E-state index contributed by atoms with van der Waals surface area (Å²) in [6.07, 6.45) is 1.78. The van der Waals surface area contributed by atoms with E-state index >= 15 is 0 Å². The summed E-state index contributed by atoms with van der Waals surface area (Å²) in [6.45, 7) is 0. The number of thioether (sulfide) groups is 1. The maximum absolute atomic E-state index is 11.2. The first-order valence-electron chi connectivity index (χ1n) is 5.59. The van der Waals surface area contributed by atoms with Crippen molar-refractivity contribution in [3.63, 3.8) is 0 Å². The molecule has 0 amide bonds. The fourth-order valence-corrected chi connectivity index (χ4v) is 2.30. The van der Waals surface area contributed by atoms with Crippen LogP contribution in [0.1, 0.15) is 0 Å². The van der Waals surface area contributed by atoms with Gasteiger partial charge >= 0.3 is 5.69 Å². The summed E-state index contributed by atoms with van der Waals surface area (Å²) < 4.78 is 0. The molecule has 0 spiro atoms. The topological polar surface area (TPSA) is 72.2 Å². The zero-order chi connectivity index (χ0) is 14.7. The van der Waals surface area contributed by atoms with Gasteiger partial charge in [-0.1, -0.05) is 41.6 Å².